The number of para-hydroxylation sites is 2. The van der Waals surface area contributed by atoms with Gasteiger partial charge in [-0.3, -0.25) is 4.57 Å². The highest BCUT2D eigenvalue weighted by Gasteiger charge is 2.38. The summed E-state index contributed by atoms with van der Waals surface area (Å²) in [5.74, 6) is -3.17. The quantitative estimate of drug-likeness (QED) is 0.136. The zero-order valence-electron chi connectivity index (χ0n) is 18.3. The van der Waals surface area contributed by atoms with E-state index in [1.807, 2.05) is 60.1 Å². The molecule has 3 aromatic carbocycles. The first-order valence-electron chi connectivity index (χ1n) is 9.93. The molecule has 0 saturated heterocycles. The van der Waals surface area contributed by atoms with Gasteiger partial charge in [0, 0.05) is 12.1 Å². The smallest absolute Gasteiger partial charge is 0.490 e. The number of carbonyl (C=O) groups is 2. The summed E-state index contributed by atoms with van der Waals surface area (Å²) in [6.45, 7) is 0. The van der Waals surface area contributed by atoms with Gasteiger partial charge in [0.15, 0.2) is 0 Å². The number of carboxylic acid groups (broad SMARTS) is 1. The third kappa shape index (κ3) is 6.36. The minimum absolute atomic E-state index is 0.0896. The van der Waals surface area contributed by atoms with Gasteiger partial charge in [0.25, 0.3) is 0 Å². The Morgan fingerprint density at radius 2 is 1.31 bits per heavy atom. The second kappa shape index (κ2) is 10.3. The number of carboxylic acids is 1. The van der Waals surface area contributed by atoms with E-state index < -0.39 is 25.9 Å². The average molecular weight is 523 g/mol. The molecule has 1 heterocycles. The third-order valence-corrected chi connectivity index (χ3v) is 5.21. The molecule has 0 spiro atoms. The van der Waals surface area contributed by atoms with E-state index in [1.165, 1.54) is 24.3 Å². The lowest BCUT2D eigenvalue weighted by Gasteiger charge is -2.16. The Hall–Kier alpha value is -3.99. The molecular formula is C23H17F3NO8P. The molecule has 1 atom stereocenters. The van der Waals surface area contributed by atoms with Gasteiger partial charge in [-0.2, -0.15) is 17.7 Å². The van der Waals surface area contributed by atoms with Gasteiger partial charge in [-0.25, -0.2) is 9.59 Å². The zero-order chi connectivity index (χ0) is 26.7. The number of pyridine rings is 1. The fraction of sp³-hybridized carbons (Fsp3) is 0.0870. The van der Waals surface area contributed by atoms with Crippen LogP contribution in [0.15, 0.2) is 72.8 Å². The fourth-order valence-corrected chi connectivity index (χ4v) is 3.70. The Bertz CT molecular complexity index is 1430. The van der Waals surface area contributed by atoms with Gasteiger partial charge in [0.05, 0.1) is 16.3 Å². The lowest BCUT2D eigenvalue weighted by Crippen LogP contribution is -2.31. The van der Waals surface area contributed by atoms with E-state index >= 15 is 0 Å². The van der Waals surface area contributed by atoms with E-state index in [-0.39, 0.29) is 11.5 Å². The number of aliphatic carboxylic acids is 1. The van der Waals surface area contributed by atoms with Crippen molar-refractivity contribution in [2.24, 2.45) is 7.05 Å². The van der Waals surface area contributed by atoms with Gasteiger partial charge in [-0.05, 0) is 36.4 Å². The van der Waals surface area contributed by atoms with Crippen LogP contribution in [-0.4, -0.2) is 28.1 Å². The topological polar surface area (TPSA) is 137 Å². The molecule has 9 nitrogen and oxygen atoms in total. The maximum atomic E-state index is 13.1. The molecule has 0 aliphatic rings. The van der Waals surface area contributed by atoms with Crippen LogP contribution in [0.25, 0.3) is 21.8 Å². The lowest BCUT2D eigenvalue weighted by molar-refractivity contribution is -0.617. The number of hydrogen-bond donors (Lipinski definition) is 2. The molecule has 1 unspecified atom stereocenters. The van der Waals surface area contributed by atoms with E-state index in [1.54, 1.807) is 0 Å². The Labute approximate surface area is 201 Å². The van der Waals surface area contributed by atoms with Gasteiger partial charge in [0.1, 0.15) is 18.5 Å². The first-order chi connectivity index (χ1) is 16.8. The van der Waals surface area contributed by atoms with E-state index in [2.05, 4.69) is 4.52 Å². The first-order valence-corrected chi connectivity index (χ1v) is 11.4. The molecular weight excluding hydrogens is 506 g/mol. The largest absolute Gasteiger partial charge is 0.746 e. The highest BCUT2D eigenvalue weighted by Crippen LogP contribution is 2.34. The molecule has 36 heavy (non-hydrogen) atoms. The molecule has 0 amide bonds. The van der Waals surface area contributed by atoms with Gasteiger partial charge in [0.2, 0.25) is 11.0 Å². The summed E-state index contributed by atoms with van der Waals surface area (Å²) in [5, 5.41) is 8.64. The van der Waals surface area contributed by atoms with Crippen molar-refractivity contribution >= 4 is 41.6 Å². The highest BCUT2D eigenvalue weighted by molar-refractivity contribution is 7.45. The minimum atomic E-state index is -5.08. The number of fused-ring (bicyclic) bond motifs is 2. The van der Waals surface area contributed by atoms with Crippen molar-refractivity contribution < 1.29 is 56.0 Å². The number of benzene rings is 3. The van der Waals surface area contributed by atoms with Crippen LogP contribution in [0.4, 0.5) is 13.2 Å². The van der Waals surface area contributed by atoms with Crippen LogP contribution in [0.5, 0.6) is 11.5 Å². The predicted molar refractivity (Wildman–Crippen MR) is 118 cm³/mol. The van der Waals surface area contributed by atoms with Crippen LogP contribution in [-0.2, 0) is 16.4 Å². The summed E-state index contributed by atoms with van der Waals surface area (Å²) in [5.41, 5.74) is 2.21. The first kappa shape index (κ1) is 26.6. The van der Waals surface area contributed by atoms with Gasteiger partial charge >= 0.3 is 25.9 Å². The number of alkyl halides is 3. The highest BCUT2D eigenvalue weighted by atomic mass is 31.2. The van der Waals surface area contributed by atoms with Crippen LogP contribution >= 0.6 is 7.82 Å². The SMILES string of the molecule is C[n+]1c2ccccc2c(C(=O)Oc2ccc(OP(=O)([O-])O)cc2)c2ccccc21.O=C(O)C(F)(F)F. The third-order valence-electron chi connectivity index (χ3n) is 4.77. The predicted octanol–water partition coefficient (Wildman–Crippen LogP) is 3.51. The normalized spacial score (nSPS) is 12.8. The average Bonchev–Trinajstić information content (AvgIpc) is 2.79. The summed E-state index contributed by atoms with van der Waals surface area (Å²) in [6.07, 6.45) is -5.08. The van der Waals surface area contributed by atoms with Gasteiger partial charge < -0.3 is 24.2 Å². The molecule has 0 bridgehead atoms. The number of hydrogen-bond acceptors (Lipinski definition) is 6. The fourth-order valence-electron chi connectivity index (χ4n) is 3.31. The molecule has 0 saturated carbocycles. The molecule has 188 valence electrons. The van der Waals surface area contributed by atoms with Crippen molar-refractivity contribution in [3.63, 3.8) is 0 Å². The van der Waals surface area contributed by atoms with Crippen molar-refractivity contribution in [3.05, 3.63) is 78.4 Å². The molecule has 0 aliphatic heterocycles. The number of phosphoric acid groups is 1. The van der Waals surface area contributed by atoms with Crippen LogP contribution in [0, 0.1) is 0 Å². The second-order valence-corrected chi connectivity index (χ2v) is 8.31. The minimum Gasteiger partial charge on any atom is -0.746 e. The van der Waals surface area contributed by atoms with Crippen molar-refractivity contribution in [1.82, 2.24) is 0 Å². The van der Waals surface area contributed by atoms with E-state index in [0.29, 0.717) is 5.56 Å². The Morgan fingerprint density at radius 3 is 1.72 bits per heavy atom. The molecule has 2 N–H and O–H groups in total. The van der Waals surface area contributed by atoms with Crippen LogP contribution in [0.1, 0.15) is 10.4 Å². The number of rotatable bonds is 4. The van der Waals surface area contributed by atoms with Crippen LogP contribution in [0.2, 0.25) is 0 Å². The summed E-state index contributed by atoms with van der Waals surface area (Å²) < 4.78 is 54.5. The van der Waals surface area contributed by atoms with E-state index in [9.17, 15) is 27.4 Å². The number of aromatic nitrogens is 1. The number of carbonyl (C=O) groups excluding carboxylic acids is 1. The maximum Gasteiger partial charge on any atom is 0.490 e. The summed E-state index contributed by atoms with van der Waals surface area (Å²) >= 11 is 0. The van der Waals surface area contributed by atoms with Gasteiger partial charge in [-0.1, -0.05) is 24.3 Å². The summed E-state index contributed by atoms with van der Waals surface area (Å²) in [7, 11) is -2.96. The standard InChI is InChI=1S/C21H16NO6P.C2HF3O2/c1-22-18-8-4-2-6-16(18)20(17-7-3-5-9-19(17)22)21(23)27-14-10-12-15(13-11-14)28-29(24,25)26;3-2(4,5)1(6)7/h2-13H,1H3,(H-,24,25,26);(H,6,7). The maximum absolute atomic E-state index is 13.1. The summed E-state index contributed by atoms with van der Waals surface area (Å²) in [4.78, 5) is 41.5. The number of nitrogens with zero attached hydrogens (tertiary/aromatic N) is 1. The second-order valence-electron chi connectivity index (χ2n) is 7.19. The molecule has 13 heteroatoms. The number of esters is 1. The number of aryl methyl sites for hydroxylation is 1. The zero-order valence-corrected chi connectivity index (χ0v) is 19.2. The van der Waals surface area contributed by atoms with E-state index in [0.717, 1.165) is 21.8 Å². The van der Waals surface area contributed by atoms with Crippen LogP contribution in [0.3, 0.4) is 0 Å². The summed E-state index contributed by atoms with van der Waals surface area (Å²) in [6, 6.07) is 20.4. The van der Waals surface area contributed by atoms with Crippen molar-refractivity contribution in [2.75, 3.05) is 0 Å². The van der Waals surface area contributed by atoms with Crippen molar-refractivity contribution in [1.29, 1.82) is 0 Å². The molecule has 0 aliphatic carbocycles. The number of ether oxygens (including phenoxy) is 1. The molecule has 0 fully saturated rings. The lowest BCUT2D eigenvalue weighted by atomic mass is 10.0. The molecule has 4 rings (SSSR count). The Morgan fingerprint density at radius 1 is 0.889 bits per heavy atom. The van der Waals surface area contributed by atoms with Gasteiger partial charge in [-0.15, -0.1) is 0 Å². The Balaban J connectivity index is 0.000000454. The van der Waals surface area contributed by atoms with Crippen LogP contribution < -0.4 is 18.7 Å². The van der Waals surface area contributed by atoms with Crippen molar-refractivity contribution in [2.45, 2.75) is 6.18 Å². The molecule has 1 aromatic heterocycles. The van der Waals surface area contributed by atoms with Crippen molar-refractivity contribution in [3.8, 4) is 11.5 Å². The molecule has 4 aromatic rings. The van der Waals surface area contributed by atoms with E-state index in [4.69, 9.17) is 19.5 Å². The molecule has 0 radical (unpaired) electrons. The monoisotopic (exact) mass is 523 g/mol. The number of halogens is 3. The number of phosphoric ester groups is 1. The Kier molecular flexibility index (Phi) is 7.63.